The van der Waals surface area contributed by atoms with Gasteiger partial charge in [0.25, 0.3) is 0 Å². The zero-order chi connectivity index (χ0) is 15.1. The SMILES string of the molecule is CNC(Cc1csc(CSCC(C)C)n1)c1ccccc1. The van der Waals surface area contributed by atoms with Gasteiger partial charge >= 0.3 is 0 Å². The van der Waals surface area contributed by atoms with Crippen LogP contribution in [0.15, 0.2) is 35.7 Å². The van der Waals surface area contributed by atoms with Crippen LogP contribution >= 0.6 is 23.1 Å². The minimum atomic E-state index is 0.337. The van der Waals surface area contributed by atoms with Crippen molar-refractivity contribution >= 4 is 23.1 Å². The second kappa shape index (κ2) is 8.57. The lowest BCUT2D eigenvalue weighted by atomic mass is 10.0. The van der Waals surface area contributed by atoms with E-state index in [1.54, 1.807) is 11.3 Å². The van der Waals surface area contributed by atoms with E-state index in [-0.39, 0.29) is 0 Å². The molecule has 1 unspecified atom stereocenters. The van der Waals surface area contributed by atoms with Gasteiger partial charge < -0.3 is 5.32 Å². The Bertz CT molecular complexity index is 523. The first-order chi connectivity index (χ1) is 10.2. The molecule has 0 aliphatic rings. The van der Waals surface area contributed by atoms with Crippen LogP contribution < -0.4 is 5.32 Å². The summed E-state index contributed by atoms with van der Waals surface area (Å²) < 4.78 is 0. The first-order valence-electron chi connectivity index (χ1n) is 7.42. The Labute approximate surface area is 136 Å². The molecule has 1 aromatic heterocycles. The maximum atomic E-state index is 4.78. The summed E-state index contributed by atoms with van der Waals surface area (Å²) in [5.74, 6) is 3.00. The fourth-order valence-corrected chi connectivity index (χ4v) is 4.11. The highest BCUT2D eigenvalue weighted by molar-refractivity contribution is 7.98. The molecule has 0 saturated heterocycles. The van der Waals surface area contributed by atoms with E-state index in [4.69, 9.17) is 4.98 Å². The molecule has 1 atom stereocenters. The van der Waals surface area contributed by atoms with Gasteiger partial charge in [-0.2, -0.15) is 11.8 Å². The average molecular weight is 321 g/mol. The molecule has 2 rings (SSSR count). The van der Waals surface area contributed by atoms with Crippen molar-refractivity contribution < 1.29 is 0 Å². The summed E-state index contributed by atoms with van der Waals surface area (Å²) in [6, 6.07) is 10.9. The van der Waals surface area contributed by atoms with Crippen molar-refractivity contribution in [1.29, 1.82) is 0 Å². The molecule has 0 bridgehead atoms. The molecule has 2 aromatic rings. The van der Waals surface area contributed by atoms with Crippen LogP contribution in [0.3, 0.4) is 0 Å². The smallest absolute Gasteiger partial charge is 0.103 e. The second-order valence-corrected chi connectivity index (χ2v) is 7.57. The highest BCUT2D eigenvalue weighted by Gasteiger charge is 2.12. The zero-order valence-corrected chi connectivity index (χ0v) is 14.6. The molecule has 0 radical (unpaired) electrons. The van der Waals surface area contributed by atoms with E-state index in [9.17, 15) is 0 Å². The van der Waals surface area contributed by atoms with Crippen molar-refractivity contribution in [1.82, 2.24) is 10.3 Å². The summed E-state index contributed by atoms with van der Waals surface area (Å²) in [4.78, 5) is 4.78. The number of aromatic nitrogens is 1. The van der Waals surface area contributed by atoms with Gasteiger partial charge in [0.05, 0.1) is 5.69 Å². The predicted octanol–water partition coefficient (Wildman–Crippen LogP) is 4.54. The number of nitrogens with one attached hydrogen (secondary N) is 1. The Balaban J connectivity index is 1.91. The Morgan fingerprint density at radius 3 is 2.67 bits per heavy atom. The van der Waals surface area contributed by atoms with Crippen LogP contribution in [0.4, 0.5) is 0 Å². The third kappa shape index (κ3) is 5.46. The molecule has 1 N–H and O–H groups in total. The zero-order valence-electron chi connectivity index (χ0n) is 13.0. The average Bonchev–Trinajstić information content (AvgIpc) is 2.93. The first-order valence-corrected chi connectivity index (χ1v) is 9.45. The van der Waals surface area contributed by atoms with Gasteiger partial charge in [0.15, 0.2) is 0 Å². The molecule has 0 spiro atoms. The van der Waals surface area contributed by atoms with E-state index in [1.807, 2.05) is 18.8 Å². The molecular formula is C17H24N2S2. The largest absolute Gasteiger partial charge is 0.313 e. The van der Waals surface area contributed by atoms with Gasteiger partial charge in [-0.15, -0.1) is 11.3 Å². The lowest BCUT2D eigenvalue weighted by molar-refractivity contribution is 0.585. The fourth-order valence-electron chi connectivity index (χ4n) is 2.17. The number of likely N-dealkylation sites (N-methyl/N-ethyl adjacent to an activating group) is 1. The summed E-state index contributed by atoms with van der Waals surface area (Å²) in [6.07, 6.45) is 0.950. The van der Waals surface area contributed by atoms with Gasteiger partial charge in [-0.25, -0.2) is 4.98 Å². The van der Waals surface area contributed by atoms with Crippen molar-refractivity contribution in [2.45, 2.75) is 32.1 Å². The minimum Gasteiger partial charge on any atom is -0.313 e. The van der Waals surface area contributed by atoms with E-state index in [0.717, 1.165) is 18.1 Å². The molecule has 0 fully saturated rings. The first kappa shape index (κ1) is 16.5. The third-order valence-electron chi connectivity index (χ3n) is 3.24. The van der Waals surface area contributed by atoms with Crippen molar-refractivity contribution in [3.8, 4) is 0 Å². The lowest BCUT2D eigenvalue weighted by Crippen LogP contribution is -2.18. The van der Waals surface area contributed by atoms with Crippen LogP contribution in [0.25, 0.3) is 0 Å². The highest BCUT2D eigenvalue weighted by atomic mass is 32.2. The van der Waals surface area contributed by atoms with Crippen molar-refractivity contribution in [3.63, 3.8) is 0 Å². The molecular weight excluding hydrogens is 296 g/mol. The standard InChI is InChI=1S/C17H24N2S2/c1-13(2)10-20-12-17-19-15(11-21-17)9-16(18-3)14-7-5-4-6-8-14/h4-8,11,13,16,18H,9-10,12H2,1-3H3. The summed E-state index contributed by atoms with van der Waals surface area (Å²) in [6.45, 7) is 4.52. The highest BCUT2D eigenvalue weighted by Crippen LogP contribution is 2.22. The number of hydrogen-bond donors (Lipinski definition) is 1. The molecule has 0 aliphatic heterocycles. The van der Waals surface area contributed by atoms with E-state index >= 15 is 0 Å². The van der Waals surface area contributed by atoms with Crippen molar-refractivity contribution in [3.05, 3.63) is 52.0 Å². The lowest BCUT2D eigenvalue weighted by Gasteiger charge is -2.15. The number of nitrogens with zero attached hydrogens (tertiary/aromatic N) is 1. The maximum absolute atomic E-state index is 4.78. The van der Waals surface area contributed by atoms with Gasteiger partial charge in [0.1, 0.15) is 5.01 Å². The monoisotopic (exact) mass is 320 g/mol. The predicted molar refractivity (Wildman–Crippen MR) is 95.1 cm³/mol. The Morgan fingerprint density at radius 2 is 2.00 bits per heavy atom. The summed E-state index contributed by atoms with van der Waals surface area (Å²) >= 11 is 3.77. The summed E-state index contributed by atoms with van der Waals surface area (Å²) in [5, 5.41) is 6.85. The topological polar surface area (TPSA) is 24.9 Å². The van der Waals surface area contributed by atoms with Gasteiger partial charge in [-0.3, -0.25) is 0 Å². The minimum absolute atomic E-state index is 0.337. The molecule has 114 valence electrons. The quantitative estimate of drug-likeness (QED) is 0.773. The van der Waals surface area contributed by atoms with E-state index in [0.29, 0.717) is 6.04 Å². The molecule has 0 amide bonds. The second-order valence-electron chi connectivity index (χ2n) is 5.60. The maximum Gasteiger partial charge on any atom is 0.103 e. The summed E-state index contributed by atoms with van der Waals surface area (Å²) in [7, 11) is 2.02. The van der Waals surface area contributed by atoms with Gasteiger partial charge in [-0.05, 0) is 24.3 Å². The molecule has 0 saturated carbocycles. The Hall–Kier alpha value is -0.840. The number of rotatable bonds is 8. The van der Waals surface area contributed by atoms with Crippen LogP contribution in [-0.4, -0.2) is 17.8 Å². The van der Waals surface area contributed by atoms with E-state index < -0.39 is 0 Å². The number of benzene rings is 1. The summed E-state index contributed by atoms with van der Waals surface area (Å²) in [5.41, 5.74) is 2.52. The van der Waals surface area contributed by atoms with E-state index in [2.05, 4.69) is 54.9 Å². The number of thioether (sulfide) groups is 1. The fraction of sp³-hybridized carbons (Fsp3) is 0.471. The van der Waals surface area contributed by atoms with Crippen LogP contribution in [0.5, 0.6) is 0 Å². The van der Waals surface area contributed by atoms with Gasteiger partial charge in [0, 0.05) is 23.6 Å². The van der Waals surface area contributed by atoms with Gasteiger partial charge in [-0.1, -0.05) is 44.2 Å². The van der Waals surface area contributed by atoms with Gasteiger partial charge in [0.2, 0.25) is 0 Å². The third-order valence-corrected chi connectivity index (χ3v) is 5.70. The molecule has 2 nitrogen and oxygen atoms in total. The molecule has 0 aliphatic carbocycles. The Morgan fingerprint density at radius 1 is 1.24 bits per heavy atom. The number of hydrogen-bond acceptors (Lipinski definition) is 4. The van der Waals surface area contributed by atoms with E-state index in [1.165, 1.54) is 22.0 Å². The van der Waals surface area contributed by atoms with Crippen LogP contribution in [-0.2, 0) is 12.2 Å². The Kier molecular flexibility index (Phi) is 6.74. The van der Waals surface area contributed by atoms with Crippen molar-refractivity contribution in [2.75, 3.05) is 12.8 Å². The van der Waals surface area contributed by atoms with Crippen LogP contribution in [0.1, 0.15) is 36.2 Å². The van der Waals surface area contributed by atoms with Crippen LogP contribution in [0.2, 0.25) is 0 Å². The molecule has 1 aromatic carbocycles. The number of thiazole rings is 1. The van der Waals surface area contributed by atoms with Crippen LogP contribution in [0, 0.1) is 5.92 Å². The molecule has 4 heteroatoms. The molecule has 1 heterocycles. The molecule has 21 heavy (non-hydrogen) atoms. The normalized spacial score (nSPS) is 12.8. The van der Waals surface area contributed by atoms with Crippen molar-refractivity contribution in [2.24, 2.45) is 5.92 Å².